The minimum absolute atomic E-state index is 0.480. The molecule has 0 aliphatic rings. The van der Waals surface area contributed by atoms with Gasteiger partial charge in [0, 0.05) is 10.0 Å². The van der Waals surface area contributed by atoms with E-state index in [1.807, 2.05) is 12.1 Å². The van der Waals surface area contributed by atoms with Crippen LogP contribution in [0.5, 0.6) is 11.5 Å². The van der Waals surface area contributed by atoms with E-state index in [-0.39, 0.29) is 0 Å². The average molecular weight is 500 g/mol. The van der Waals surface area contributed by atoms with Crippen molar-refractivity contribution in [3.63, 3.8) is 0 Å². The molecule has 0 bridgehead atoms. The zero-order valence-electron chi connectivity index (χ0n) is 16.0. The Kier molecular flexibility index (Phi) is 7.56. The Bertz CT molecular complexity index is 779. The summed E-state index contributed by atoms with van der Waals surface area (Å²) in [6, 6.07) is 7.04. The van der Waals surface area contributed by atoms with Crippen LogP contribution >= 0.6 is 58.2 Å². The van der Waals surface area contributed by atoms with E-state index in [1.165, 1.54) is 11.8 Å². The molecule has 0 aliphatic heterocycles. The lowest BCUT2D eigenvalue weighted by molar-refractivity contribution is 0.541. The minimum Gasteiger partial charge on any atom is -0.543 e. The summed E-state index contributed by atoms with van der Waals surface area (Å²) in [4.78, 5) is 1.60. The van der Waals surface area contributed by atoms with Crippen molar-refractivity contribution in [1.29, 1.82) is 0 Å². The van der Waals surface area contributed by atoms with Gasteiger partial charge in [-0.15, -0.1) is 0 Å². The van der Waals surface area contributed by atoms with E-state index in [9.17, 15) is 0 Å². The van der Waals surface area contributed by atoms with Gasteiger partial charge in [-0.25, -0.2) is 0 Å². The number of hydrogen-bond donors (Lipinski definition) is 0. The van der Waals surface area contributed by atoms with Gasteiger partial charge in [0.05, 0.1) is 19.8 Å². The van der Waals surface area contributed by atoms with Gasteiger partial charge in [0.15, 0.2) is 0 Å². The summed E-state index contributed by atoms with van der Waals surface area (Å²) >= 11 is 26.8. The molecule has 0 unspecified atom stereocenters. The Balaban J connectivity index is 2.57. The van der Waals surface area contributed by atoms with Crippen molar-refractivity contribution in [2.24, 2.45) is 0 Å². The summed E-state index contributed by atoms with van der Waals surface area (Å²) in [5.74, 6) is 1.25. The molecule has 0 saturated carbocycles. The van der Waals surface area contributed by atoms with Gasteiger partial charge in [0.2, 0.25) is 16.6 Å². The number of halogens is 4. The standard InChI is InChI=1S/C18H22Cl4O2SSi2/c1-26(2,3)23-17-13(21)7-11(19)9-15(17)25-16-10-12(20)8-14(22)18(16)24-27(4,5)6/h7-10H,1-6H3. The predicted octanol–water partition coefficient (Wildman–Crippen LogP) is 8.88. The topological polar surface area (TPSA) is 18.5 Å². The lowest BCUT2D eigenvalue weighted by atomic mass is 10.3. The van der Waals surface area contributed by atoms with E-state index in [1.54, 1.807) is 12.1 Å². The SMILES string of the molecule is C[Si](C)(C)Oc1c(Cl)cc(Cl)cc1Sc1cc(Cl)cc(Cl)c1O[Si](C)(C)C. The fraction of sp³-hybridized carbons (Fsp3) is 0.333. The molecule has 2 aromatic carbocycles. The molecule has 0 saturated heterocycles. The summed E-state index contributed by atoms with van der Waals surface area (Å²) in [5.41, 5.74) is 0. The largest absolute Gasteiger partial charge is 0.543 e. The van der Waals surface area contributed by atoms with E-state index >= 15 is 0 Å². The molecule has 2 nitrogen and oxygen atoms in total. The first kappa shape index (κ1) is 23.3. The van der Waals surface area contributed by atoms with Gasteiger partial charge in [-0.2, -0.15) is 0 Å². The van der Waals surface area contributed by atoms with Crippen LogP contribution in [-0.2, 0) is 0 Å². The highest BCUT2D eigenvalue weighted by Gasteiger charge is 2.25. The van der Waals surface area contributed by atoms with Crippen molar-refractivity contribution in [2.45, 2.75) is 49.1 Å². The van der Waals surface area contributed by atoms with E-state index in [2.05, 4.69) is 39.3 Å². The molecular weight excluding hydrogens is 478 g/mol. The molecule has 0 heterocycles. The molecule has 0 atom stereocenters. The smallest absolute Gasteiger partial charge is 0.242 e. The summed E-state index contributed by atoms with van der Waals surface area (Å²) in [7, 11) is -3.77. The van der Waals surface area contributed by atoms with Crippen molar-refractivity contribution in [3.05, 3.63) is 44.4 Å². The highest BCUT2D eigenvalue weighted by atomic mass is 35.5. The fourth-order valence-corrected chi connectivity index (χ4v) is 6.50. The number of hydrogen-bond acceptors (Lipinski definition) is 3. The lowest BCUT2D eigenvalue weighted by Crippen LogP contribution is -2.30. The van der Waals surface area contributed by atoms with Crippen LogP contribution < -0.4 is 8.85 Å². The molecule has 2 rings (SSSR count). The second-order valence-corrected chi connectivity index (χ2v) is 19.6. The van der Waals surface area contributed by atoms with Crippen LogP contribution in [0.25, 0.3) is 0 Å². The van der Waals surface area contributed by atoms with Crippen LogP contribution in [0, 0.1) is 0 Å². The Morgan fingerprint density at radius 2 is 0.963 bits per heavy atom. The summed E-state index contributed by atoms with van der Waals surface area (Å²) < 4.78 is 12.4. The fourth-order valence-electron chi connectivity index (χ4n) is 2.15. The van der Waals surface area contributed by atoms with Crippen LogP contribution in [0.15, 0.2) is 34.1 Å². The maximum Gasteiger partial charge on any atom is 0.242 e. The van der Waals surface area contributed by atoms with Crippen molar-refractivity contribution < 1.29 is 8.85 Å². The molecule has 27 heavy (non-hydrogen) atoms. The van der Waals surface area contributed by atoms with Crippen LogP contribution in [0.1, 0.15) is 0 Å². The van der Waals surface area contributed by atoms with E-state index in [4.69, 9.17) is 55.3 Å². The van der Waals surface area contributed by atoms with Crippen LogP contribution in [0.4, 0.5) is 0 Å². The first-order chi connectivity index (χ1) is 12.2. The lowest BCUT2D eigenvalue weighted by Gasteiger charge is -2.25. The molecule has 9 heteroatoms. The van der Waals surface area contributed by atoms with Crippen molar-refractivity contribution >= 4 is 74.8 Å². The normalized spacial score (nSPS) is 12.2. The van der Waals surface area contributed by atoms with Crippen molar-refractivity contribution in [1.82, 2.24) is 0 Å². The third-order valence-corrected chi connectivity index (χ3v) is 6.66. The van der Waals surface area contributed by atoms with Crippen molar-refractivity contribution in [3.8, 4) is 11.5 Å². The average Bonchev–Trinajstić information content (AvgIpc) is 2.44. The minimum atomic E-state index is -1.89. The first-order valence-electron chi connectivity index (χ1n) is 8.29. The maximum absolute atomic E-state index is 6.44. The Morgan fingerprint density at radius 1 is 0.630 bits per heavy atom. The molecule has 2 aromatic rings. The molecule has 0 aromatic heterocycles. The second-order valence-electron chi connectivity index (χ2n) is 7.96. The zero-order chi connectivity index (χ0) is 20.6. The zero-order valence-corrected chi connectivity index (χ0v) is 21.9. The van der Waals surface area contributed by atoms with Gasteiger partial charge < -0.3 is 8.85 Å². The molecule has 0 amide bonds. The van der Waals surface area contributed by atoms with Gasteiger partial charge in [-0.3, -0.25) is 0 Å². The quantitative estimate of drug-likeness (QED) is 0.369. The maximum atomic E-state index is 6.44. The third kappa shape index (κ3) is 7.07. The molecule has 0 radical (unpaired) electrons. The van der Waals surface area contributed by atoms with Crippen molar-refractivity contribution in [2.75, 3.05) is 0 Å². The van der Waals surface area contributed by atoms with Gasteiger partial charge in [0.25, 0.3) is 0 Å². The van der Waals surface area contributed by atoms with Gasteiger partial charge in [0.1, 0.15) is 11.5 Å². The van der Waals surface area contributed by atoms with Gasteiger partial charge in [-0.05, 0) is 63.5 Å². The van der Waals surface area contributed by atoms with Gasteiger partial charge in [-0.1, -0.05) is 58.2 Å². The summed E-state index contributed by atoms with van der Waals surface area (Å²) in [6.45, 7) is 12.6. The third-order valence-electron chi connectivity index (χ3n) is 2.99. The number of rotatable bonds is 6. The highest BCUT2D eigenvalue weighted by Crippen LogP contribution is 2.48. The molecular formula is C18H22Cl4O2SSi2. The second kappa shape index (κ2) is 8.78. The van der Waals surface area contributed by atoms with E-state index < -0.39 is 16.6 Å². The predicted molar refractivity (Wildman–Crippen MR) is 125 cm³/mol. The summed E-state index contributed by atoms with van der Waals surface area (Å²) in [6.07, 6.45) is 0. The first-order valence-corrected chi connectivity index (χ1v) is 17.4. The Morgan fingerprint density at radius 3 is 1.26 bits per heavy atom. The molecule has 0 spiro atoms. The van der Waals surface area contributed by atoms with Gasteiger partial charge >= 0.3 is 0 Å². The molecule has 0 fully saturated rings. The molecule has 0 aliphatic carbocycles. The Labute approximate surface area is 187 Å². The Hall–Kier alpha value is -0.0162. The molecule has 0 N–H and O–H groups in total. The summed E-state index contributed by atoms with van der Waals surface area (Å²) in [5, 5.41) is 2.03. The van der Waals surface area contributed by atoms with E-state index in [0.717, 1.165) is 9.79 Å². The number of benzene rings is 2. The van der Waals surface area contributed by atoms with Crippen LogP contribution in [-0.4, -0.2) is 16.6 Å². The molecule has 148 valence electrons. The van der Waals surface area contributed by atoms with Crippen LogP contribution in [0.3, 0.4) is 0 Å². The van der Waals surface area contributed by atoms with Crippen LogP contribution in [0.2, 0.25) is 59.4 Å². The monoisotopic (exact) mass is 498 g/mol. The highest BCUT2D eigenvalue weighted by molar-refractivity contribution is 7.99. The van der Waals surface area contributed by atoms with E-state index in [0.29, 0.717) is 31.6 Å².